The molecule has 0 spiro atoms. The molecule has 2 aromatic rings. The van der Waals surface area contributed by atoms with Gasteiger partial charge in [-0.15, -0.1) is 0 Å². The maximum atomic E-state index is 2.43. The molecule has 0 aliphatic heterocycles. The van der Waals surface area contributed by atoms with Crippen molar-refractivity contribution >= 4 is 0 Å². The van der Waals surface area contributed by atoms with Crippen LogP contribution in [-0.4, -0.2) is 0 Å². The molecule has 2 aromatic carbocycles. The van der Waals surface area contributed by atoms with E-state index in [1.807, 2.05) is 0 Å². The van der Waals surface area contributed by atoms with Gasteiger partial charge in [0.25, 0.3) is 0 Å². The van der Waals surface area contributed by atoms with E-state index in [2.05, 4.69) is 52.0 Å². The third-order valence-corrected chi connectivity index (χ3v) is 4.78. The molecule has 0 amide bonds. The highest BCUT2D eigenvalue weighted by atomic mass is 14.3. The highest BCUT2D eigenvalue weighted by Gasteiger charge is 2.25. The topological polar surface area (TPSA) is 0 Å². The van der Waals surface area contributed by atoms with Crippen molar-refractivity contribution in [1.29, 1.82) is 0 Å². The van der Waals surface area contributed by atoms with Gasteiger partial charge in [0, 0.05) is 0 Å². The van der Waals surface area contributed by atoms with E-state index in [9.17, 15) is 0 Å². The summed E-state index contributed by atoms with van der Waals surface area (Å²) in [6.45, 7) is 9.05. The minimum Gasteiger partial charge on any atom is -0.0613 e. The van der Waals surface area contributed by atoms with Crippen molar-refractivity contribution in [2.75, 3.05) is 0 Å². The second kappa shape index (κ2) is 5.09. The molecule has 0 N–H and O–H groups in total. The maximum Gasteiger partial charge on any atom is -0.00959 e. The molecule has 0 saturated carbocycles. The number of hydrogen-bond acceptors (Lipinski definition) is 0. The lowest BCUT2D eigenvalue weighted by Crippen LogP contribution is -2.06. The van der Waals surface area contributed by atoms with Crippen molar-refractivity contribution in [2.24, 2.45) is 0 Å². The Hall–Kier alpha value is -1.56. The van der Waals surface area contributed by atoms with Gasteiger partial charge >= 0.3 is 0 Å². The van der Waals surface area contributed by atoms with Crippen LogP contribution < -0.4 is 0 Å². The number of aryl methyl sites for hydroxylation is 4. The van der Waals surface area contributed by atoms with Crippen LogP contribution >= 0.6 is 0 Å². The predicted octanol–water partition coefficient (Wildman–Crippen LogP) is 5.58. The van der Waals surface area contributed by atoms with E-state index in [4.69, 9.17) is 0 Å². The van der Waals surface area contributed by atoms with E-state index in [0.29, 0.717) is 0 Å². The number of fused-ring (bicyclic) bond motifs is 4. The van der Waals surface area contributed by atoms with Crippen LogP contribution in [0.3, 0.4) is 0 Å². The van der Waals surface area contributed by atoms with Crippen LogP contribution in [0.5, 0.6) is 0 Å². The molecule has 0 radical (unpaired) electrons. The summed E-state index contributed by atoms with van der Waals surface area (Å²) in [6.07, 6.45) is 4.55. The first kappa shape index (κ1) is 13.4. The number of rotatable bonds is 4. The van der Waals surface area contributed by atoms with Crippen LogP contribution in [0, 0.1) is 0 Å². The van der Waals surface area contributed by atoms with E-state index in [1.54, 1.807) is 0 Å². The van der Waals surface area contributed by atoms with Gasteiger partial charge in [0.15, 0.2) is 0 Å². The average molecular weight is 264 g/mol. The molecule has 0 fully saturated rings. The zero-order chi connectivity index (χ0) is 14.3. The summed E-state index contributed by atoms with van der Waals surface area (Å²) in [7, 11) is 0. The van der Waals surface area contributed by atoms with Crippen LogP contribution in [-0.2, 0) is 25.7 Å². The molecular formula is C20H24. The van der Waals surface area contributed by atoms with Gasteiger partial charge in [-0.05, 0) is 70.2 Å². The van der Waals surface area contributed by atoms with Crippen molar-refractivity contribution in [3.05, 3.63) is 46.5 Å². The number of hydrogen-bond donors (Lipinski definition) is 0. The largest absolute Gasteiger partial charge is 0.0613 e. The molecule has 104 valence electrons. The molecular weight excluding hydrogens is 240 g/mol. The van der Waals surface area contributed by atoms with Gasteiger partial charge in [-0.3, -0.25) is 0 Å². The van der Waals surface area contributed by atoms with Gasteiger partial charge in [-0.2, -0.15) is 0 Å². The van der Waals surface area contributed by atoms with Gasteiger partial charge in [0.1, 0.15) is 0 Å². The van der Waals surface area contributed by atoms with Gasteiger partial charge in [-0.25, -0.2) is 0 Å². The van der Waals surface area contributed by atoms with Crippen LogP contribution in [0.15, 0.2) is 24.3 Å². The summed E-state index contributed by atoms with van der Waals surface area (Å²) in [6, 6.07) is 9.73. The molecule has 0 aromatic heterocycles. The van der Waals surface area contributed by atoms with Crippen LogP contribution in [0.4, 0.5) is 0 Å². The van der Waals surface area contributed by atoms with Crippen molar-refractivity contribution in [2.45, 2.75) is 53.4 Å². The Morgan fingerprint density at radius 2 is 0.650 bits per heavy atom. The van der Waals surface area contributed by atoms with E-state index in [1.165, 1.54) is 44.5 Å². The normalized spacial score (nSPS) is 11.8. The lowest BCUT2D eigenvalue weighted by Gasteiger charge is -2.28. The smallest absolute Gasteiger partial charge is 0.00959 e. The van der Waals surface area contributed by atoms with Crippen molar-refractivity contribution in [3.8, 4) is 22.3 Å². The zero-order valence-electron chi connectivity index (χ0n) is 13.1. The quantitative estimate of drug-likeness (QED) is 0.576. The Bertz CT molecular complexity index is 530. The molecule has 0 nitrogen and oxygen atoms in total. The molecule has 1 aliphatic rings. The third-order valence-electron chi connectivity index (χ3n) is 4.78. The van der Waals surface area contributed by atoms with Crippen LogP contribution in [0.2, 0.25) is 0 Å². The van der Waals surface area contributed by atoms with E-state index in [-0.39, 0.29) is 0 Å². The molecule has 0 unspecified atom stereocenters. The minimum atomic E-state index is 1.14. The highest BCUT2D eigenvalue weighted by Crippen LogP contribution is 2.49. The summed E-state index contributed by atoms with van der Waals surface area (Å²) >= 11 is 0. The van der Waals surface area contributed by atoms with E-state index in [0.717, 1.165) is 25.7 Å². The first-order chi connectivity index (χ1) is 9.73. The first-order valence-electron chi connectivity index (χ1n) is 8.05. The first-order valence-corrected chi connectivity index (χ1v) is 8.05. The van der Waals surface area contributed by atoms with E-state index < -0.39 is 0 Å². The minimum absolute atomic E-state index is 1.14. The Morgan fingerprint density at radius 1 is 0.450 bits per heavy atom. The summed E-state index contributed by atoms with van der Waals surface area (Å²) in [5, 5.41) is 0. The lowest BCUT2D eigenvalue weighted by molar-refractivity contribution is 1.03. The molecule has 0 atom stereocenters. The number of benzene rings is 2. The second-order valence-corrected chi connectivity index (χ2v) is 5.75. The summed E-state index contributed by atoms with van der Waals surface area (Å²) in [5.74, 6) is 0. The van der Waals surface area contributed by atoms with Crippen LogP contribution in [0.1, 0.15) is 49.9 Å². The fraction of sp³-hybridized carbons (Fsp3) is 0.400. The van der Waals surface area contributed by atoms with Crippen molar-refractivity contribution < 1.29 is 0 Å². The Balaban J connectivity index is 2.15. The highest BCUT2D eigenvalue weighted by molar-refractivity contribution is 6.03. The predicted molar refractivity (Wildman–Crippen MR) is 88.4 cm³/mol. The summed E-state index contributed by atoms with van der Waals surface area (Å²) < 4.78 is 0. The SMILES string of the molecule is CCc1cc2c(cc1CC)-c1cc(CC)c(CC)cc1-2. The third kappa shape index (κ3) is 1.82. The zero-order valence-corrected chi connectivity index (χ0v) is 13.1. The molecule has 0 bridgehead atoms. The standard InChI is InChI=1S/C20H24/c1-5-13-9-17-18(10-14(13)6-2)20-12-16(8-4)15(7-3)11-19(17)20/h9-12H,5-8H2,1-4H3. The maximum absolute atomic E-state index is 2.43. The van der Waals surface area contributed by atoms with Gasteiger partial charge < -0.3 is 0 Å². The Kier molecular flexibility index (Phi) is 3.41. The van der Waals surface area contributed by atoms with E-state index >= 15 is 0 Å². The average Bonchev–Trinajstić information content (AvgIpc) is 2.50. The molecule has 3 rings (SSSR count). The van der Waals surface area contributed by atoms with Crippen molar-refractivity contribution in [1.82, 2.24) is 0 Å². The van der Waals surface area contributed by atoms with Crippen LogP contribution in [0.25, 0.3) is 22.3 Å². The summed E-state index contributed by atoms with van der Waals surface area (Å²) in [4.78, 5) is 0. The second-order valence-electron chi connectivity index (χ2n) is 5.75. The molecule has 0 saturated heterocycles. The molecule has 20 heavy (non-hydrogen) atoms. The van der Waals surface area contributed by atoms with Crippen molar-refractivity contribution in [3.63, 3.8) is 0 Å². The fourth-order valence-electron chi connectivity index (χ4n) is 3.52. The molecule has 1 aliphatic carbocycles. The van der Waals surface area contributed by atoms with Gasteiger partial charge in [0.2, 0.25) is 0 Å². The lowest BCUT2D eigenvalue weighted by atomic mass is 9.75. The monoisotopic (exact) mass is 264 g/mol. The summed E-state index contributed by atoms with van der Waals surface area (Å²) in [5.41, 5.74) is 12.0. The fourth-order valence-corrected chi connectivity index (χ4v) is 3.52. The van der Waals surface area contributed by atoms with Gasteiger partial charge in [0.05, 0.1) is 0 Å². The molecule has 0 heterocycles. The van der Waals surface area contributed by atoms with Gasteiger partial charge in [-0.1, -0.05) is 52.0 Å². The Morgan fingerprint density at radius 3 is 0.800 bits per heavy atom. The Labute approximate surface area is 122 Å². The molecule has 0 heteroatoms.